The Morgan fingerprint density at radius 2 is 0.739 bits per heavy atom. The van der Waals surface area contributed by atoms with Gasteiger partial charge in [0.25, 0.3) is 5.97 Å². The van der Waals surface area contributed by atoms with Crippen LogP contribution in [0, 0.1) is 5.92 Å². The second-order valence-electron chi connectivity index (χ2n) is 31.6. The first-order chi connectivity index (χ1) is 63.3. The lowest BCUT2D eigenvalue weighted by atomic mass is 9.96. The minimum atomic E-state index is -2.04. The number of aliphatic carboxylic acids is 7. The molecule has 0 radical (unpaired) electrons. The number of hydrogen-bond acceptors (Lipinski definition) is 30. The van der Waals surface area contributed by atoms with Gasteiger partial charge in [0.1, 0.15) is 96.7 Å². The third kappa shape index (κ3) is 46.8. The molecule has 0 saturated carbocycles. The number of carbonyl (C=O) groups excluding carboxylic acids is 15. The maximum absolute atomic E-state index is 14.7. The van der Waals surface area contributed by atoms with Gasteiger partial charge in [-0.2, -0.15) is 11.8 Å². The summed E-state index contributed by atoms with van der Waals surface area (Å²) in [5.74, 6) is -27.9. The van der Waals surface area contributed by atoms with E-state index in [1.807, 2.05) is 0 Å². The van der Waals surface area contributed by atoms with Gasteiger partial charge >= 0.3 is 35.8 Å². The van der Waals surface area contributed by atoms with E-state index in [2.05, 4.69) is 74.4 Å². The molecule has 0 spiro atoms. The number of benzene rings is 1. The van der Waals surface area contributed by atoms with Crippen molar-refractivity contribution in [1.29, 1.82) is 0 Å². The van der Waals surface area contributed by atoms with Crippen LogP contribution in [0.3, 0.4) is 0 Å². The van der Waals surface area contributed by atoms with Gasteiger partial charge in [-0.15, -0.1) is 0 Å². The van der Waals surface area contributed by atoms with Gasteiger partial charge in [0.2, 0.25) is 88.6 Å². The molecule has 1 fully saturated rings. The average molecular weight is 1930 g/mol. The van der Waals surface area contributed by atoms with Crippen molar-refractivity contribution in [2.75, 3.05) is 57.9 Å². The van der Waals surface area contributed by atoms with Crippen LogP contribution in [0.25, 0.3) is 0 Å². The van der Waals surface area contributed by atoms with E-state index in [1.165, 1.54) is 30.8 Å². The highest BCUT2D eigenvalue weighted by Gasteiger charge is 2.43. The molecular formula is C82H134N20O31S. The lowest BCUT2D eigenvalue weighted by Crippen LogP contribution is -2.61. The normalized spacial score (nSPS) is 15.7. The summed E-state index contributed by atoms with van der Waals surface area (Å²) in [6.07, 6.45) is -3.76. The average Bonchev–Trinajstić information content (AvgIpc) is 1.62. The molecular weight excluding hydrogens is 1790 g/mol. The predicted octanol–water partition coefficient (Wildman–Crippen LogP) is -8.02. The number of hydrogen-bond donors (Lipinski definition) is 28. The molecule has 1 saturated heterocycles. The molecule has 1 aromatic rings. The van der Waals surface area contributed by atoms with E-state index in [0.29, 0.717) is 24.8 Å². The van der Waals surface area contributed by atoms with Crippen LogP contribution in [-0.4, -0.2) is 336 Å². The van der Waals surface area contributed by atoms with Crippen LogP contribution in [0.2, 0.25) is 0 Å². The van der Waals surface area contributed by atoms with Crippen LogP contribution in [0.1, 0.15) is 181 Å². The molecule has 17 atom stereocenters. The summed E-state index contributed by atoms with van der Waals surface area (Å²) >= 11 is 1.18. The van der Waals surface area contributed by atoms with E-state index in [1.54, 1.807) is 31.4 Å². The zero-order valence-electron chi connectivity index (χ0n) is 75.6. The minimum Gasteiger partial charge on any atom is -0.481 e. The first kappa shape index (κ1) is 120. The number of aliphatic hydroxyl groups is 2. The number of nitrogens with zero attached hydrogens (tertiary/aromatic N) is 1. The zero-order valence-corrected chi connectivity index (χ0v) is 76.4. The molecule has 0 unspecified atom stereocenters. The topological polar surface area (TPSA) is 859 Å². The van der Waals surface area contributed by atoms with Crippen LogP contribution in [-0.2, 0) is 112 Å². The van der Waals surface area contributed by atoms with Crippen molar-refractivity contribution in [2.24, 2.45) is 34.6 Å². The first-order valence-electron chi connectivity index (χ1n) is 43.7. The summed E-state index contributed by atoms with van der Waals surface area (Å²) in [6.45, 7) is 3.71. The van der Waals surface area contributed by atoms with Crippen molar-refractivity contribution in [3.05, 3.63) is 35.9 Å². The van der Waals surface area contributed by atoms with Crippen LogP contribution in [0.4, 0.5) is 0 Å². The lowest BCUT2D eigenvalue weighted by molar-refractivity contribution is -0.145. The maximum atomic E-state index is 14.7. The summed E-state index contributed by atoms with van der Waals surface area (Å²) < 4.78 is 0. The Balaban J connectivity index is 0.0000220. The number of amides is 15. The summed E-state index contributed by atoms with van der Waals surface area (Å²) in [7, 11) is 0. The lowest BCUT2D eigenvalue weighted by Gasteiger charge is -2.31. The molecule has 1 heterocycles. The predicted molar refractivity (Wildman–Crippen MR) is 475 cm³/mol. The van der Waals surface area contributed by atoms with E-state index in [0.717, 1.165) is 18.7 Å². The van der Waals surface area contributed by atoms with Gasteiger partial charge < -0.3 is 154 Å². The highest BCUT2D eigenvalue weighted by atomic mass is 32.2. The van der Waals surface area contributed by atoms with Crippen LogP contribution >= 0.6 is 11.8 Å². The van der Waals surface area contributed by atoms with Crippen molar-refractivity contribution in [2.45, 2.75) is 278 Å². The number of aliphatic hydroxyl groups excluding tert-OH is 2. The smallest absolute Gasteiger partial charge is 0.326 e. The third-order valence-corrected chi connectivity index (χ3v) is 21.4. The third-order valence-electron chi connectivity index (χ3n) is 20.8. The standard InChI is InChI=1S/C80H130N20O29S.C2H4O2/c1-5-42(2)64(99-71(119)49(26-28-60(105)106)87-65(113)43(3)86-67(115)50(29-35-130-4)90-74(122)56(39-63(111)112)97-77(125)58-24-17-34-100(58)79(127)51(22-11-15-32-83)92-75(123)54(37-61(107)108)94-66(114)45(85)40-101)78(126)91-48(25-27-59(103)104)70(118)88-46(20-9-13-30-81)68(116)95-53(36-44-18-7-6-8-19-44)72(120)96-55(38-62(109)110)73(121)89-47(21-10-14-31-82)69(117)98-57(41-102)76(124)93-52(80(128)129)23-12-16-33-84;1-2(3)4/h6-8,18-19,42-43,45-58,64,101-102H,5,9-17,20-41,81-85H2,1-4H3,(H,86,115)(H,87,113)(H,88,118)(H,89,121)(H,90,122)(H,91,126)(H,92,123)(H,93,124)(H,94,114)(H,95,116)(H,96,120)(H,97,125)(H,98,117)(H,99,119)(H,103,104)(H,105,106)(H,107,108)(H,109,110)(H,111,112)(H,128,129);1H3,(H,3,4)/t42-,43-,45-,46-,47-,48-,49-,50-,51-,52-,53-,54-,55-,56-,57-,58-,64-;/m0./s1. The number of carbonyl (C=O) groups is 22. The van der Waals surface area contributed by atoms with Crippen LogP contribution in [0.5, 0.6) is 0 Å². The SMILES string of the molecule is CC(=O)O.CC[C@H](C)[C@H](NC(=O)[C@H](CCC(=O)O)NC(=O)[C@H](C)NC(=O)[C@H](CCSC)NC(=O)[C@H](CC(=O)O)NC(=O)[C@@H]1CCCN1C(=O)[C@H](CCCCN)NC(=O)[C@H](CC(=O)O)NC(=O)[C@@H](N)CO)C(=O)N[C@@H](CCC(=O)O)C(=O)N[C@@H](CCCCN)C(=O)N[C@@H](Cc1ccccc1)C(=O)N[C@@H](CC(=O)O)C(=O)N[C@@H](CCCCN)C(=O)N[C@@H](CO)C(=O)N[C@@H](CCCCN)C(=O)O. The van der Waals surface area contributed by atoms with Gasteiger partial charge in [-0.3, -0.25) is 101 Å². The fourth-order valence-electron chi connectivity index (χ4n) is 13.2. The molecule has 0 bridgehead atoms. The second-order valence-corrected chi connectivity index (χ2v) is 32.6. The minimum absolute atomic E-state index is 0.0523. The molecule has 134 heavy (non-hydrogen) atoms. The fourth-order valence-corrected chi connectivity index (χ4v) is 13.7. The van der Waals surface area contributed by atoms with Gasteiger partial charge in [-0.25, -0.2) is 4.79 Å². The summed E-state index contributed by atoms with van der Waals surface area (Å²) in [6, 6.07) is -19.4. The molecule has 1 aliphatic heterocycles. The highest BCUT2D eigenvalue weighted by Crippen LogP contribution is 2.22. The van der Waals surface area contributed by atoms with Crippen molar-refractivity contribution in [3.63, 3.8) is 0 Å². The highest BCUT2D eigenvalue weighted by molar-refractivity contribution is 7.98. The number of thioether (sulfide) groups is 1. The maximum Gasteiger partial charge on any atom is 0.326 e. The monoisotopic (exact) mass is 1930 g/mol. The van der Waals surface area contributed by atoms with Gasteiger partial charge in [0.15, 0.2) is 0 Å². The second kappa shape index (κ2) is 65.3. The molecule has 2 rings (SSSR count). The van der Waals surface area contributed by atoms with E-state index < -0.39 is 291 Å². The van der Waals surface area contributed by atoms with Crippen molar-refractivity contribution < 1.29 is 151 Å². The Kier molecular flexibility index (Phi) is 58.3. The molecule has 15 amide bonds. The summed E-state index contributed by atoms with van der Waals surface area (Å²) in [4.78, 5) is 294. The number of likely N-dealkylation sites (tertiary alicyclic amines) is 1. The van der Waals surface area contributed by atoms with E-state index >= 15 is 0 Å². The van der Waals surface area contributed by atoms with Gasteiger partial charge in [0, 0.05) is 32.7 Å². The van der Waals surface area contributed by atoms with E-state index in [-0.39, 0.29) is 128 Å². The van der Waals surface area contributed by atoms with Crippen LogP contribution < -0.4 is 103 Å². The van der Waals surface area contributed by atoms with E-state index in [4.69, 9.17) is 38.6 Å². The molecule has 0 aromatic heterocycles. The Bertz CT molecular complexity index is 4080. The molecule has 51 nitrogen and oxygen atoms in total. The molecule has 1 aromatic carbocycles. The van der Waals surface area contributed by atoms with Gasteiger partial charge in [-0.1, -0.05) is 50.6 Å². The Morgan fingerprint density at radius 3 is 1.16 bits per heavy atom. The summed E-state index contributed by atoms with van der Waals surface area (Å²) in [5.41, 5.74) is 28.6. The van der Waals surface area contributed by atoms with Gasteiger partial charge in [0.05, 0.1) is 32.5 Å². The molecule has 0 aliphatic carbocycles. The quantitative estimate of drug-likeness (QED) is 0.0269. The van der Waals surface area contributed by atoms with Gasteiger partial charge in [-0.05, 0) is 166 Å². The number of carboxylic acids is 7. The van der Waals surface area contributed by atoms with Crippen LogP contribution in [0.15, 0.2) is 30.3 Å². The molecule has 754 valence electrons. The fraction of sp³-hybridized carbons (Fsp3) is 0.659. The molecule has 33 N–H and O–H groups in total. The summed E-state index contributed by atoms with van der Waals surface area (Å²) in [5, 5.41) is 119. The Morgan fingerprint density at radius 1 is 0.396 bits per heavy atom. The van der Waals surface area contributed by atoms with Crippen molar-refractivity contribution in [1.82, 2.24) is 79.3 Å². The number of nitrogens with two attached hydrogens (primary N) is 5. The molecule has 1 aliphatic rings. The first-order valence-corrected chi connectivity index (χ1v) is 45.1. The van der Waals surface area contributed by atoms with E-state index in [9.17, 15) is 142 Å². The molecule has 52 heteroatoms. The number of carboxylic acid groups (broad SMARTS) is 7. The Hall–Kier alpha value is -12.4. The largest absolute Gasteiger partial charge is 0.481 e. The van der Waals surface area contributed by atoms with Crippen molar-refractivity contribution in [3.8, 4) is 0 Å². The zero-order chi connectivity index (χ0) is 101. The van der Waals surface area contributed by atoms with Crippen molar-refractivity contribution >= 4 is 142 Å². The number of unbranched alkanes of at least 4 members (excludes halogenated alkanes) is 4. The number of rotatable bonds is 67. The number of nitrogens with one attached hydrogen (secondary N) is 14. The Labute approximate surface area is 776 Å².